The Morgan fingerprint density at radius 1 is 1.05 bits per heavy atom. The van der Waals surface area contributed by atoms with Crippen molar-refractivity contribution in [1.82, 2.24) is 0 Å². The first-order chi connectivity index (χ1) is 10.2. The second kappa shape index (κ2) is 7.70. The van der Waals surface area contributed by atoms with Gasteiger partial charge >= 0.3 is 0 Å². The van der Waals surface area contributed by atoms with Crippen molar-refractivity contribution in [1.29, 1.82) is 0 Å². The van der Waals surface area contributed by atoms with E-state index in [0.717, 1.165) is 36.5 Å². The van der Waals surface area contributed by atoms with Crippen LogP contribution in [0.5, 0.6) is 11.5 Å². The third-order valence-corrected chi connectivity index (χ3v) is 3.37. The van der Waals surface area contributed by atoms with Crippen molar-refractivity contribution >= 4 is 0 Å². The lowest BCUT2D eigenvalue weighted by molar-refractivity contribution is 0.317. The van der Waals surface area contributed by atoms with Crippen LogP contribution in [0.1, 0.15) is 30.5 Å². The van der Waals surface area contributed by atoms with Gasteiger partial charge in [-0.3, -0.25) is 0 Å². The highest BCUT2D eigenvalue weighted by molar-refractivity contribution is 5.32. The molecule has 2 aromatic rings. The molecule has 2 rings (SSSR count). The largest absolute Gasteiger partial charge is 0.497 e. The second-order valence-electron chi connectivity index (χ2n) is 5.08. The molecule has 0 bridgehead atoms. The van der Waals surface area contributed by atoms with Crippen LogP contribution in [0.3, 0.4) is 0 Å². The predicted octanol–water partition coefficient (Wildman–Crippen LogP) is 3.73. The van der Waals surface area contributed by atoms with E-state index in [0.29, 0.717) is 0 Å². The Hall–Kier alpha value is -2.00. The average Bonchev–Trinajstić information content (AvgIpc) is 2.53. The number of hydrogen-bond acceptors (Lipinski definition) is 3. The summed E-state index contributed by atoms with van der Waals surface area (Å²) in [6.45, 7) is 2.84. The zero-order valence-corrected chi connectivity index (χ0v) is 12.7. The van der Waals surface area contributed by atoms with Gasteiger partial charge < -0.3 is 15.2 Å². The molecule has 2 aromatic carbocycles. The van der Waals surface area contributed by atoms with Crippen LogP contribution in [0, 0.1) is 0 Å². The standard InChI is InChI=1S/C18H23NO2/c1-3-11-21-16-9-7-15(8-10-16)18(19)13-14-5-4-6-17(12-14)20-2/h4-10,12,18H,3,11,13,19H2,1-2H3. The van der Waals surface area contributed by atoms with E-state index in [2.05, 4.69) is 13.0 Å². The Kier molecular flexibility index (Phi) is 5.64. The van der Waals surface area contributed by atoms with Gasteiger partial charge in [0.25, 0.3) is 0 Å². The van der Waals surface area contributed by atoms with E-state index in [-0.39, 0.29) is 6.04 Å². The zero-order chi connectivity index (χ0) is 15.1. The van der Waals surface area contributed by atoms with E-state index < -0.39 is 0 Å². The Morgan fingerprint density at radius 3 is 2.48 bits per heavy atom. The van der Waals surface area contributed by atoms with Crippen molar-refractivity contribution in [2.45, 2.75) is 25.8 Å². The molecule has 2 N–H and O–H groups in total. The van der Waals surface area contributed by atoms with Crippen LogP contribution >= 0.6 is 0 Å². The Labute approximate surface area is 126 Å². The third-order valence-electron chi connectivity index (χ3n) is 3.37. The molecule has 112 valence electrons. The van der Waals surface area contributed by atoms with Crippen LogP contribution in [-0.4, -0.2) is 13.7 Å². The monoisotopic (exact) mass is 285 g/mol. The Bertz CT molecular complexity index is 551. The minimum Gasteiger partial charge on any atom is -0.497 e. The van der Waals surface area contributed by atoms with Gasteiger partial charge in [-0.25, -0.2) is 0 Å². The summed E-state index contributed by atoms with van der Waals surface area (Å²) in [4.78, 5) is 0. The van der Waals surface area contributed by atoms with Crippen molar-refractivity contribution in [3.05, 3.63) is 59.7 Å². The zero-order valence-electron chi connectivity index (χ0n) is 12.7. The van der Waals surface area contributed by atoms with Crippen molar-refractivity contribution in [3.8, 4) is 11.5 Å². The lowest BCUT2D eigenvalue weighted by Crippen LogP contribution is -2.13. The summed E-state index contributed by atoms with van der Waals surface area (Å²) in [6.07, 6.45) is 1.80. The first-order valence-electron chi connectivity index (χ1n) is 7.34. The molecule has 1 unspecified atom stereocenters. The van der Waals surface area contributed by atoms with Crippen LogP contribution < -0.4 is 15.2 Å². The quantitative estimate of drug-likeness (QED) is 0.843. The molecule has 0 aliphatic rings. The molecular formula is C18H23NO2. The van der Waals surface area contributed by atoms with Gasteiger partial charge in [0.1, 0.15) is 11.5 Å². The molecule has 1 atom stereocenters. The fourth-order valence-corrected chi connectivity index (χ4v) is 2.20. The minimum absolute atomic E-state index is 0.0302. The van der Waals surface area contributed by atoms with E-state index in [4.69, 9.17) is 15.2 Å². The summed E-state index contributed by atoms with van der Waals surface area (Å²) in [5.41, 5.74) is 8.57. The predicted molar refractivity (Wildman–Crippen MR) is 85.9 cm³/mol. The van der Waals surface area contributed by atoms with Gasteiger partial charge in [-0.2, -0.15) is 0 Å². The van der Waals surface area contributed by atoms with Crippen molar-refractivity contribution < 1.29 is 9.47 Å². The van der Waals surface area contributed by atoms with Crippen molar-refractivity contribution in [2.75, 3.05) is 13.7 Å². The van der Waals surface area contributed by atoms with E-state index in [9.17, 15) is 0 Å². The molecule has 3 nitrogen and oxygen atoms in total. The summed E-state index contributed by atoms with van der Waals surface area (Å²) in [5, 5.41) is 0. The van der Waals surface area contributed by atoms with Crippen LogP contribution in [0.15, 0.2) is 48.5 Å². The third kappa shape index (κ3) is 4.50. The fourth-order valence-electron chi connectivity index (χ4n) is 2.20. The SMILES string of the molecule is CCCOc1ccc(C(N)Cc2cccc(OC)c2)cc1. The number of ether oxygens (including phenoxy) is 2. The van der Waals surface area contributed by atoms with Crippen molar-refractivity contribution in [2.24, 2.45) is 5.73 Å². The Morgan fingerprint density at radius 2 is 1.81 bits per heavy atom. The normalized spacial score (nSPS) is 12.0. The lowest BCUT2D eigenvalue weighted by atomic mass is 9.99. The maximum Gasteiger partial charge on any atom is 0.119 e. The molecule has 0 aliphatic heterocycles. The molecule has 0 aliphatic carbocycles. The van der Waals surface area contributed by atoms with Gasteiger partial charge in [0.05, 0.1) is 13.7 Å². The molecule has 0 saturated carbocycles. The van der Waals surface area contributed by atoms with Gasteiger partial charge in [-0.15, -0.1) is 0 Å². The summed E-state index contributed by atoms with van der Waals surface area (Å²) in [5.74, 6) is 1.76. The summed E-state index contributed by atoms with van der Waals surface area (Å²) >= 11 is 0. The van der Waals surface area contributed by atoms with Gasteiger partial charge in [0, 0.05) is 6.04 Å². The smallest absolute Gasteiger partial charge is 0.119 e. The highest BCUT2D eigenvalue weighted by atomic mass is 16.5. The van der Waals surface area contributed by atoms with Gasteiger partial charge in [0.2, 0.25) is 0 Å². The topological polar surface area (TPSA) is 44.5 Å². The molecule has 0 radical (unpaired) electrons. The molecule has 0 fully saturated rings. The number of methoxy groups -OCH3 is 1. The number of rotatable bonds is 7. The highest BCUT2D eigenvalue weighted by Crippen LogP contribution is 2.21. The molecule has 21 heavy (non-hydrogen) atoms. The van der Waals surface area contributed by atoms with Gasteiger partial charge in [-0.1, -0.05) is 31.2 Å². The summed E-state index contributed by atoms with van der Waals surface area (Å²) in [7, 11) is 1.67. The number of benzene rings is 2. The highest BCUT2D eigenvalue weighted by Gasteiger charge is 2.08. The fraction of sp³-hybridized carbons (Fsp3) is 0.333. The van der Waals surface area contributed by atoms with E-state index in [1.807, 2.05) is 42.5 Å². The summed E-state index contributed by atoms with van der Waals surface area (Å²) in [6, 6.07) is 16.0. The molecule has 3 heteroatoms. The average molecular weight is 285 g/mol. The van der Waals surface area contributed by atoms with Gasteiger partial charge in [0.15, 0.2) is 0 Å². The number of nitrogens with two attached hydrogens (primary N) is 1. The summed E-state index contributed by atoms with van der Waals surface area (Å²) < 4.78 is 10.8. The number of hydrogen-bond donors (Lipinski definition) is 1. The lowest BCUT2D eigenvalue weighted by Gasteiger charge is -2.14. The maximum atomic E-state index is 6.29. The van der Waals surface area contributed by atoms with E-state index in [1.54, 1.807) is 7.11 Å². The van der Waals surface area contributed by atoms with E-state index in [1.165, 1.54) is 5.56 Å². The van der Waals surface area contributed by atoms with Crippen molar-refractivity contribution in [3.63, 3.8) is 0 Å². The molecule has 0 aromatic heterocycles. The first kappa shape index (κ1) is 15.4. The molecular weight excluding hydrogens is 262 g/mol. The van der Waals surface area contributed by atoms with Crippen LogP contribution in [-0.2, 0) is 6.42 Å². The molecule has 0 amide bonds. The maximum absolute atomic E-state index is 6.29. The van der Waals surface area contributed by atoms with Crippen LogP contribution in [0.4, 0.5) is 0 Å². The molecule has 0 spiro atoms. The van der Waals surface area contributed by atoms with Gasteiger partial charge in [-0.05, 0) is 48.2 Å². The minimum atomic E-state index is -0.0302. The molecule has 0 saturated heterocycles. The van der Waals surface area contributed by atoms with Crippen LogP contribution in [0.25, 0.3) is 0 Å². The Balaban J connectivity index is 2.00. The molecule has 0 heterocycles. The second-order valence-corrected chi connectivity index (χ2v) is 5.08. The first-order valence-corrected chi connectivity index (χ1v) is 7.34. The van der Waals surface area contributed by atoms with E-state index >= 15 is 0 Å². The van der Waals surface area contributed by atoms with Crippen LogP contribution in [0.2, 0.25) is 0 Å².